The number of aromatic nitrogens is 1. The van der Waals surface area contributed by atoms with E-state index in [1.807, 2.05) is 0 Å². The Balaban J connectivity index is 0.00000243. The third-order valence-electron chi connectivity index (χ3n) is 5.27. The van der Waals surface area contributed by atoms with Crippen molar-refractivity contribution in [2.24, 2.45) is 13.0 Å². The minimum Gasteiger partial charge on any atom is -0.348 e. The van der Waals surface area contributed by atoms with E-state index in [1.165, 1.54) is 10.4 Å². The molecule has 2 N–H and O–H groups in total. The normalized spacial score (nSPS) is 24.7. The van der Waals surface area contributed by atoms with Gasteiger partial charge in [0.2, 0.25) is 10.0 Å². The predicted molar refractivity (Wildman–Crippen MR) is 103 cm³/mol. The van der Waals surface area contributed by atoms with Gasteiger partial charge in [0.1, 0.15) is 10.6 Å². The molecule has 2 fully saturated rings. The lowest BCUT2D eigenvalue weighted by Gasteiger charge is -2.30. The van der Waals surface area contributed by atoms with E-state index in [0.717, 1.165) is 38.8 Å². The lowest BCUT2D eigenvalue weighted by atomic mass is 9.95. The van der Waals surface area contributed by atoms with Crippen LogP contribution in [0.15, 0.2) is 17.2 Å². The van der Waals surface area contributed by atoms with Gasteiger partial charge >= 0.3 is 0 Å². The highest BCUT2D eigenvalue weighted by molar-refractivity contribution is 7.89. The summed E-state index contributed by atoms with van der Waals surface area (Å²) in [5.74, 6) is 0.149. The van der Waals surface area contributed by atoms with E-state index in [-0.39, 0.29) is 29.3 Å². The van der Waals surface area contributed by atoms with Gasteiger partial charge in [-0.25, -0.2) is 8.42 Å². The van der Waals surface area contributed by atoms with Crippen molar-refractivity contribution in [1.82, 2.24) is 19.5 Å². The van der Waals surface area contributed by atoms with E-state index < -0.39 is 10.0 Å². The Kier molecular flexibility index (Phi) is 7.12. The zero-order valence-electron chi connectivity index (χ0n) is 15.4. The summed E-state index contributed by atoms with van der Waals surface area (Å²) in [6.07, 6.45) is 5.30. The number of amides is 1. The zero-order valence-corrected chi connectivity index (χ0v) is 17.0. The highest BCUT2D eigenvalue weighted by atomic mass is 35.5. The summed E-state index contributed by atoms with van der Waals surface area (Å²) in [6.45, 7) is 4.99. The molecule has 9 heteroatoms. The van der Waals surface area contributed by atoms with Gasteiger partial charge in [0, 0.05) is 32.4 Å². The maximum atomic E-state index is 12.8. The molecule has 0 aromatic carbocycles. The van der Waals surface area contributed by atoms with E-state index >= 15 is 0 Å². The first-order valence-corrected chi connectivity index (χ1v) is 10.5. The van der Waals surface area contributed by atoms with Crippen molar-refractivity contribution in [2.75, 3.05) is 26.2 Å². The van der Waals surface area contributed by atoms with Crippen molar-refractivity contribution in [3.8, 4) is 0 Å². The molecule has 0 radical (unpaired) electrons. The lowest BCUT2D eigenvalue weighted by molar-refractivity contribution is 0.0906. The number of piperidine rings is 2. The van der Waals surface area contributed by atoms with Gasteiger partial charge in [-0.15, -0.1) is 12.4 Å². The first kappa shape index (κ1) is 21.2. The van der Waals surface area contributed by atoms with E-state index in [0.29, 0.717) is 24.7 Å². The molecule has 0 bridgehead atoms. The monoisotopic (exact) mass is 404 g/mol. The van der Waals surface area contributed by atoms with Gasteiger partial charge in [-0.1, -0.05) is 13.3 Å². The van der Waals surface area contributed by atoms with Crippen LogP contribution in [0.2, 0.25) is 0 Å². The van der Waals surface area contributed by atoms with Crippen LogP contribution in [-0.4, -0.2) is 55.4 Å². The third-order valence-corrected chi connectivity index (χ3v) is 7.13. The summed E-state index contributed by atoms with van der Waals surface area (Å²) in [4.78, 5) is 12.8. The maximum Gasteiger partial charge on any atom is 0.268 e. The maximum absolute atomic E-state index is 12.8. The Hall–Kier alpha value is -1.09. The fourth-order valence-corrected chi connectivity index (χ4v) is 5.22. The molecule has 2 saturated heterocycles. The smallest absolute Gasteiger partial charge is 0.268 e. The van der Waals surface area contributed by atoms with E-state index in [2.05, 4.69) is 17.6 Å². The Bertz CT molecular complexity index is 728. The number of sulfonamides is 1. The number of rotatable bonds is 4. The van der Waals surface area contributed by atoms with E-state index in [1.54, 1.807) is 17.8 Å². The quantitative estimate of drug-likeness (QED) is 0.793. The molecule has 2 aliphatic rings. The second-order valence-electron chi connectivity index (χ2n) is 7.19. The number of aryl methyl sites for hydroxylation is 1. The Labute approximate surface area is 162 Å². The number of hydrogen-bond acceptors (Lipinski definition) is 4. The molecule has 7 nitrogen and oxygen atoms in total. The largest absolute Gasteiger partial charge is 0.348 e. The minimum atomic E-state index is -3.52. The average molecular weight is 405 g/mol. The van der Waals surface area contributed by atoms with Crippen molar-refractivity contribution in [3.63, 3.8) is 0 Å². The van der Waals surface area contributed by atoms with Crippen LogP contribution in [-0.2, 0) is 17.1 Å². The van der Waals surface area contributed by atoms with Gasteiger partial charge in [-0.05, 0) is 44.3 Å². The molecular weight excluding hydrogens is 376 g/mol. The summed E-state index contributed by atoms with van der Waals surface area (Å²) in [5.41, 5.74) is 0.390. The fourth-order valence-electron chi connectivity index (χ4n) is 3.63. The lowest BCUT2D eigenvalue weighted by Crippen LogP contribution is -2.48. The minimum absolute atomic E-state index is 0. The average Bonchev–Trinajstić information content (AvgIpc) is 3.00. The number of nitrogens with zero attached hydrogens (tertiary/aromatic N) is 2. The molecular formula is C17H29ClN4O3S. The molecule has 2 atom stereocenters. The van der Waals surface area contributed by atoms with Gasteiger partial charge in [0.25, 0.3) is 5.91 Å². The van der Waals surface area contributed by atoms with E-state index in [4.69, 9.17) is 0 Å². The van der Waals surface area contributed by atoms with E-state index in [9.17, 15) is 13.2 Å². The molecule has 26 heavy (non-hydrogen) atoms. The SMILES string of the molecule is CC1CNCCC1NC(=O)c1cc(S(=O)(=O)N2CCCCC2)cn1C.Cl. The number of halogens is 1. The highest BCUT2D eigenvalue weighted by Gasteiger charge is 2.29. The van der Waals surface area contributed by atoms with Gasteiger partial charge in [-0.3, -0.25) is 4.79 Å². The molecule has 0 spiro atoms. The van der Waals surface area contributed by atoms with Gasteiger partial charge in [0.15, 0.2) is 0 Å². The number of nitrogens with one attached hydrogen (secondary N) is 2. The Morgan fingerprint density at radius 3 is 2.62 bits per heavy atom. The van der Waals surface area contributed by atoms with Crippen molar-refractivity contribution < 1.29 is 13.2 Å². The van der Waals surface area contributed by atoms with Crippen LogP contribution in [0.3, 0.4) is 0 Å². The Morgan fingerprint density at radius 2 is 1.96 bits per heavy atom. The molecule has 3 rings (SSSR count). The van der Waals surface area contributed by atoms with Crippen LogP contribution < -0.4 is 10.6 Å². The molecule has 1 aromatic heterocycles. The number of carbonyl (C=O) groups excluding carboxylic acids is 1. The zero-order chi connectivity index (χ0) is 18.0. The molecule has 2 aliphatic heterocycles. The van der Waals surface area contributed by atoms with Crippen LogP contribution in [0.25, 0.3) is 0 Å². The predicted octanol–water partition coefficient (Wildman–Crippen LogP) is 1.35. The van der Waals surface area contributed by atoms with Crippen LogP contribution in [0.5, 0.6) is 0 Å². The summed E-state index contributed by atoms with van der Waals surface area (Å²) >= 11 is 0. The van der Waals surface area contributed by atoms with Crippen LogP contribution in [0.1, 0.15) is 43.1 Å². The molecule has 1 amide bonds. The summed E-state index contributed by atoms with van der Waals surface area (Å²) in [5, 5.41) is 6.37. The van der Waals surface area contributed by atoms with Gasteiger partial charge in [-0.2, -0.15) is 4.31 Å². The molecule has 0 aliphatic carbocycles. The fraction of sp³-hybridized carbons (Fsp3) is 0.706. The molecule has 0 saturated carbocycles. The van der Waals surface area contributed by atoms with Crippen LogP contribution in [0.4, 0.5) is 0 Å². The van der Waals surface area contributed by atoms with Crippen LogP contribution >= 0.6 is 12.4 Å². The second-order valence-corrected chi connectivity index (χ2v) is 9.12. The first-order valence-electron chi connectivity index (χ1n) is 9.07. The standard InChI is InChI=1S/C17H28N4O3S.ClH/c1-13-11-18-7-6-15(13)19-17(22)16-10-14(12-20(16)2)25(23,24)21-8-4-3-5-9-21;/h10,12-13,15,18H,3-9,11H2,1-2H3,(H,19,22);1H. The highest BCUT2D eigenvalue weighted by Crippen LogP contribution is 2.22. The summed E-state index contributed by atoms with van der Waals surface area (Å²) in [7, 11) is -1.80. The molecule has 3 heterocycles. The summed E-state index contributed by atoms with van der Waals surface area (Å²) < 4.78 is 28.7. The molecule has 2 unspecified atom stereocenters. The van der Waals surface area contributed by atoms with Crippen LogP contribution in [0, 0.1) is 5.92 Å². The van der Waals surface area contributed by atoms with Crippen molar-refractivity contribution >= 4 is 28.3 Å². The van der Waals surface area contributed by atoms with Crippen molar-refractivity contribution in [2.45, 2.75) is 43.5 Å². The molecule has 1 aromatic rings. The third kappa shape index (κ3) is 4.42. The first-order chi connectivity index (χ1) is 11.9. The number of carbonyl (C=O) groups is 1. The molecule has 148 valence electrons. The van der Waals surface area contributed by atoms with Gasteiger partial charge < -0.3 is 15.2 Å². The topological polar surface area (TPSA) is 83.4 Å². The van der Waals surface area contributed by atoms with Crippen molar-refractivity contribution in [1.29, 1.82) is 0 Å². The van der Waals surface area contributed by atoms with Crippen molar-refractivity contribution in [3.05, 3.63) is 18.0 Å². The Morgan fingerprint density at radius 1 is 1.27 bits per heavy atom. The van der Waals surface area contributed by atoms with Gasteiger partial charge in [0.05, 0.1) is 0 Å². The second kappa shape index (κ2) is 8.73. The summed E-state index contributed by atoms with van der Waals surface area (Å²) in [6, 6.07) is 1.62. The number of hydrogen-bond donors (Lipinski definition) is 2.